The summed E-state index contributed by atoms with van der Waals surface area (Å²) in [7, 11) is 1.95. The topological polar surface area (TPSA) is 39.5 Å². The molecule has 0 unspecified atom stereocenters. The number of aromatic nitrogens is 2. The summed E-state index contributed by atoms with van der Waals surface area (Å²) in [5.41, 5.74) is 0. The summed E-state index contributed by atoms with van der Waals surface area (Å²) in [4.78, 5) is 1.93. The van der Waals surface area contributed by atoms with Crippen molar-refractivity contribution in [2.75, 3.05) is 18.6 Å². The van der Waals surface area contributed by atoms with Crippen LogP contribution in [-0.4, -0.2) is 23.4 Å². The number of ether oxygens (including phenoxy) is 2. The van der Waals surface area contributed by atoms with Crippen LogP contribution >= 0.6 is 0 Å². The third kappa shape index (κ3) is 2.73. The minimum atomic E-state index is 0.552. The summed E-state index contributed by atoms with van der Waals surface area (Å²) in [6.45, 7) is 1.22. The molecule has 2 aromatic carbocycles. The molecule has 2 heterocycles. The van der Waals surface area contributed by atoms with Crippen LogP contribution in [0, 0.1) is 0 Å². The van der Waals surface area contributed by atoms with E-state index in [0.29, 0.717) is 13.2 Å². The molecular weight excluding hydrogens is 290 g/mol. The van der Waals surface area contributed by atoms with Gasteiger partial charge in [0.2, 0.25) is 0 Å². The van der Waals surface area contributed by atoms with Crippen LogP contribution in [-0.2, 0) is 6.54 Å². The Kier molecular flexibility index (Phi) is 3.38. The highest BCUT2D eigenvalue weighted by Gasteiger charge is 2.16. The van der Waals surface area contributed by atoms with Crippen LogP contribution in [0.15, 0.2) is 61.1 Å². The molecule has 0 spiro atoms. The third-order valence-corrected chi connectivity index (χ3v) is 3.83. The van der Waals surface area contributed by atoms with Crippen LogP contribution in [0.2, 0.25) is 0 Å². The Morgan fingerprint density at radius 3 is 2.87 bits per heavy atom. The van der Waals surface area contributed by atoms with E-state index in [1.165, 1.54) is 10.8 Å². The van der Waals surface area contributed by atoms with Gasteiger partial charge in [-0.15, -0.1) is 0 Å². The minimum Gasteiger partial charge on any atom is -0.492 e. The molecule has 0 saturated carbocycles. The lowest BCUT2D eigenvalue weighted by atomic mass is 10.1. The SMILES string of the molecule is CN1C=COc2cn(CCOc3ccc4ccccc4c3)nc21. The molecule has 0 fully saturated rings. The van der Waals surface area contributed by atoms with Crippen LogP contribution in [0.3, 0.4) is 0 Å². The second-order valence-electron chi connectivity index (χ2n) is 5.45. The van der Waals surface area contributed by atoms with Gasteiger partial charge in [0.25, 0.3) is 0 Å². The van der Waals surface area contributed by atoms with E-state index < -0.39 is 0 Å². The van der Waals surface area contributed by atoms with Gasteiger partial charge in [0, 0.05) is 13.2 Å². The number of hydrogen-bond donors (Lipinski definition) is 0. The molecule has 0 radical (unpaired) electrons. The van der Waals surface area contributed by atoms with E-state index in [9.17, 15) is 0 Å². The summed E-state index contributed by atoms with van der Waals surface area (Å²) < 4.78 is 13.1. The minimum absolute atomic E-state index is 0.552. The van der Waals surface area contributed by atoms with Crippen LogP contribution < -0.4 is 14.4 Å². The summed E-state index contributed by atoms with van der Waals surface area (Å²) in [6, 6.07) is 14.4. The Morgan fingerprint density at radius 2 is 2.00 bits per heavy atom. The summed E-state index contributed by atoms with van der Waals surface area (Å²) >= 11 is 0. The molecule has 0 aliphatic carbocycles. The van der Waals surface area contributed by atoms with Gasteiger partial charge in [0.15, 0.2) is 11.6 Å². The molecule has 1 aliphatic rings. The predicted molar refractivity (Wildman–Crippen MR) is 89.8 cm³/mol. The molecule has 0 saturated heterocycles. The zero-order chi connectivity index (χ0) is 15.6. The van der Waals surface area contributed by atoms with Gasteiger partial charge in [0.1, 0.15) is 18.6 Å². The fourth-order valence-electron chi connectivity index (χ4n) is 2.61. The van der Waals surface area contributed by atoms with Crippen LogP contribution in [0.1, 0.15) is 0 Å². The van der Waals surface area contributed by atoms with Crippen molar-refractivity contribution in [3.05, 3.63) is 61.1 Å². The highest BCUT2D eigenvalue weighted by atomic mass is 16.5. The Labute approximate surface area is 134 Å². The molecule has 116 valence electrons. The Bertz CT molecular complexity index is 870. The van der Waals surface area contributed by atoms with Crippen LogP contribution in [0.5, 0.6) is 11.5 Å². The number of anilines is 1. The maximum atomic E-state index is 5.85. The second-order valence-corrected chi connectivity index (χ2v) is 5.45. The average molecular weight is 307 g/mol. The number of fused-ring (bicyclic) bond motifs is 2. The lowest BCUT2D eigenvalue weighted by Crippen LogP contribution is -2.14. The van der Waals surface area contributed by atoms with Gasteiger partial charge < -0.3 is 14.4 Å². The molecule has 5 heteroatoms. The van der Waals surface area contributed by atoms with Crippen molar-refractivity contribution in [2.45, 2.75) is 6.54 Å². The van der Waals surface area contributed by atoms with Gasteiger partial charge in [-0.3, -0.25) is 4.68 Å². The van der Waals surface area contributed by atoms with E-state index in [4.69, 9.17) is 9.47 Å². The maximum absolute atomic E-state index is 5.85. The molecule has 5 nitrogen and oxygen atoms in total. The zero-order valence-electron chi connectivity index (χ0n) is 12.8. The second kappa shape index (κ2) is 5.68. The van der Waals surface area contributed by atoms with Crippen molar-refractivity contribution < 1.29 is 9.47 Å². The molecule has 4 rings (SSSR count). The van der Waals surface area contributed by atoms with E-state index in [0.717, 1.165) is 17.3 Å². The van der Waals surface area contributed by atoms with E-state index >= 15 is 0 Å². The number of rotatable bonds is 4. The quantitative estimate of drug-likeness (QED) is 0.740. The largest absolute Gasteiger partial charge is 0.492 e. The van der Waals surface area contributed by atoms with Crippen molar-refractivity contribution in [1.82, 2.24) is 9.78 Å². The normalized spacial score (nSPS) is 13.0. The van der Waals surface area contributed by atoms with E-state index in [2.05, 4.69) is 29.4 Å². The van der Waals surface area contributed by atoms with E-state index in [-0.39, 0.29) is 0 Å². The average Bonchev–Trinajstić information content (AvgIpc) is 2.99. The molecule has 0 N–H and O–H groups in total. The van der Waals surface area contributed by atoms with Gasteiger partial charge in [-0.05, 0) is 22.9 Å². The van der Waals surface area contributed by atoms with Gasteiger partial charge >= 0.3 is 0 Å². The third-order valence-electron chi connectivity index (χ3n) is 3.83. The molecule has 23 heavy (non-hydrogen) atoms. The molecule has 1 aromatic heterocycles. The summed E-state index contributed by atoms with van der Waals surface area (Å²) in [5, 5.41) is 6.90. The van der Waals surface area contributed by atoms with Gasteiger partial charge in [0.05, 0.1) is 12.7 Å². The highest BCUT2D eigenvalue weighted by molar-refractivity contribution is 5.83. The molecular formula is C18H17N3O2. The molecule has 0 atom stereocenters. The van der Waals surface area contributed by atoms with Crippen molar-refractivity contribution in [3.63, 3.8) is 0 Å². The van der Waals surface area contributed by atoms with E-state index in [1.54, 1.807) is 6.26 Å². The lowest BCUT2D eigenvalue weighted by Gasteiger charge is -2.15. The van der Waals surface area contributed by atoms with Crippen LogP contribution in [0.4, 0.5) is 5.82 Å². The molecule has 0 bridgehead atoms. The maximum Gasteiger partial charge on any atom is 0.197 e. The van der Waals surface area contributed by atoms with Crippen molar-refractivity contribution in [3.8, 4) is 11.5 Å². The zero-order valence-corrected chi connectivity index (χ0v) is 12.8. The predicted octanol–water partition coefficient (Wildman–Crippen LogP) is 3.42. The van der Waals surface area contributed by atoms with Gasteiger partial charge in [-0.25, -0.2) is 0 Å². The fraction of sp³-hybridized carbons (Fsp3) is 0.167. The first-order chi connectivity index (χ1) is 11.3. The molecule has 0 amide bonds. The first-order valence-electron chi connectivity index (χ1n) is 7.55. The van der Waals surface area contributed by atoms with Crippen LogP contribution in [0.25, 0.3) is 10.8 Å². The van der Waals surface area contributed by atoms with Gasteiger partial charge in [-0.1, -0.05) is 30.3 Å². The lowest BCUT2D eigenvalue weighted by molar-refractivity contribution is 0.291. The number of hydrogen-bond acceptors (Lipinski definition) is 4. The monoisotopic (exact) mass is 307 g/mol. The summed E-state index contributed by atoms with van der Waals surface area (Å²) in [5.74, 6) is 2.45. The van der Waals surface area contributed by atoms with Gasteiger partial charge in [-0.2, -0.15) is 5.10 Å². The molecule has 3 aromatic rings. The number of nitrogens with zero attached hydrogens (tertiary/aromatic N) is 3. The number of benzene rings is 2. The Morgan fingerprint density at radius 1 is 1.13 bits per heavy atom. The highest BCUT2D eigenvalue weighted by Crippen LogP contribution is 2.29. The van der Waals surface area contributed by atoms with Crippen molar-refractivity contribution >= 4 is 16.6 Å². The fourth-order valence-corrected chi connectivity index (χ4v) is 2.61. The summed E-state index contributed by atoms with van der Waals surface area (Å²) in [6.07, 6.45) is 5.38. The van der Waals surface area contributed by atoms with E-state index in [1.807, 2.05) is 47.2 Å². The first kappa shape index (κ1) is 13.7. The van der Waals surface area contributed by atoms with Crippen molar-refractivity contribution in [2.24, 2.45) is 0 Å². The smallest absolute Gasteiger partial charge is 0.197 e. The Balaban J connectivity index is 1.41. The first-order valence-corrected chi connectivity index (χ1v) is 7.55. The standard InChI is InChI=1S/C18H17N3O2/c1-20-8-10-23-17-13-21(19-18(17)20)9-11-22-16-7-6-14-4-2-3-5-15(14)12-16/h2-8,10,12-13H,9,11H2,1H3. The molecule has 1 aliphatic heterocycles. The van der Waals surface area contributed by atoms with Crippen molar-refractivity contribution in [1.29, 1.82) is 0 Å². The Hall–Kier alpha value is -2.95.